The molecule has 0 aliphatic rings. The molecule has 2 aromatic carbocycles. The van der Waals surface area contributed by atoms with E-state index in [0.29, 0.717) is 5.75 Å². The Morgan fingerprint density at radius 2 is 1.71 bits per heavy atom. The van der Waals surface area contributed by atoms with E-state index in [0.717, 1.165) is 10.6 Å². The summed E-state index contributed by atoms with van der Waals surface area (Å²) in [5, 5.41) is 0.163. The molecule has 1 heterocycles. The highest BCUT2D eigenvalue weighted by molar-refractivity contribution is 6.34. The van der Waals surface area contributed by atoms with Gasteiger partial charge >= 0.3 is 5.69 Å². The van der Waals surface area contributed by atoms with Crippen LogP contribution < -0.4 is 20.7 Å². The van der Waals surface area contributed by atoms with Crippen molar-refractivity contribution in [3.8, 4) is 28.4 Å². The van der Waals surface area contributed by atoms with Crippen molar-refractivity contribution in [2.45, 2.75) is 0 Å². The van der Waals surface area contributed by atoms with Gasteiger partial charge in [-0.15, -0.1) is 0 Å². The zero-order chi connectivity index (χ0) is 20.6. The van der Waals surface area contributed by atoms with Gasteiger partial charge in [-0.3, -0.25) is 13.9 Å². The third-order valence-electron chi connectivity index (χ3n) is 4.21. The summed E-state index contributed by atoms with van der Waals surface area (Å²) >= 11 is 12.6. The third-order valence-corrected chi connectivity index (χ3v) is 4.90. The zero-order valence-electron chi connectivity index (χ0n) is 15.1. The summed E-state index contributed by atoms with van der Waals surface area (Å²) < 4.78 is 26.1. The van der Waals surface area contributed by atoms with Crippen LogP contribution >= 0.6 is 23.2 Å². The molecule has 0 bridgehead atoms. The van der Waals surface area contributed by atoms with E-state index in [2.05, 4.69) is 0 Å². The molecule has 1 aromatic heterocycles. The van der Waals surface area contributed by atoms with Gasteiger partial charge in [0.1, 0.15) is 22.3 Å². The molecular formula is C19H15Cl2FN2O4. The Hall–Kier alpha value is -2.77. The normalized spacial score (nSPS) is 10.8. The number of ether oxygens (including phenoxy) is 2. The molecule has 0 radical (unpaired) electrons. The second kappa shape index (κ2) is 7.69. The number of rotatable bonds is 4. The summed E-state index contributed by atoms with van der Waals surface area (Å²) in [4.78, 5) is 25.3. The Morgan fingerprint density at radius 1 is 1.00 bits per heavy atom. The predicted octanol–water partition coefficient (Wildman–Crippen LogP) is 3.67. The van der Waals surface area contributed by atoms with E-state index in [-0.39, 0.29) is 32.7 Å². The predicted molar refractivity (Wildman–Crippen MR) is 106 cm³/mol. The van der Waals surface area contributed by atoms with Crippen molar-refractivity contribution in [3.63, 3.8) is 0 Å². The summed E-state index contributed by atoms with van der Waals surface area (Å²) in [6, 6.07) is 7.97. The monoisotopic (exact) mass is 424 g/mol. The number of halogens is 3. The van der Waals surface area contributed by atoms with E-state index in [1.54, 1.807) is 6.07 Å². The second-order valence-electron chi connectivity index (χ2n) is 5.83. The molecule has 9 heteroatoms. The maximum Gasteiger partial charge on any atom is 0.335 e. The van der Waals surface area contributed by atoms with Crippen molar-refractivity contribution in [2.75, 3.05) is 14.2 Å². The van der Waals surface area contributed by atoms with Crippen LogP contribution in [0.3, 0.4) is 0 Å². The minimum atomic E-state index is -0.667. The van der Waals surface area contributed by atoms with Gasteiger partial charge in [0.25, 0.3) is 5.56 Å². The number of nitrogens with zero attached hydrogens (tertiary/aromatic N) is 2. The van der Waals surface area contributed by atoms with Crippen LogP contribution in [0.1, 0.15) is 0 Å². The Morgan fingerprint density at radius 3 is 2.32 bits per heavy atom. The molecular weight excluding hydrogens is 410 g/mol. The number of hydrogen-bond donors (Lipinski definition) is 0. The van der Waals surface area contributed by atoms with Crippen molar-refractivity contribution in [2.24, 2.45) is 7.05 Å². The van der Waals surface area contributed by atoms with Gasteiger partial charge in [-0.2, -0.15) is 0 Å². The Kier molecular flexibility index (Phi) is 5.49. The van der Waals surface area contributed by atoms with Crippen LogP contribution in [-0.4, -0.2) is 23.4 Å². The quantitative estimate of drug-likeness (QED) is 0.640. The molecule has 0 fully saturated rings. The Balaban J connectivity index is 2.47. The van der Waals surface area contributed by atoms with Gasteiger partial charge in [-0.1, -0.05) is 23.2 Å². The first-order chi connectivity index (χ1) is 13.3. The van der Waals surface area contributed by atoms with E-state index in [1.165, 1.54) is 50.1 Å². The number of aromatic nitrogens is 2. The average molecular weight is 425 g/mol. The van der Waals surface area contributed by atoms with Crippen LogP contribution in [0.2, 0.25) is 10.0 Å². The molecule has 0 amide bonds. The molecule has 0 atom stereocenters. The van der Waals surface area contributed by atoms with E-state index in [9.17, 15) is 14.0 Å². The lowest BCUT2D eigenvalue weighted by Crippen LogP contribution is -2.37. The van der Waals surface area contributed by atoms with Crippen LogP contribution in [0.4, 0.5) is 4.39 Å². The van der Waals surface area contributed by atoms with Gasteiger partial charge < -0.3 is 9.47 Å². The molecule has 0 saturated carbocycles. The molecule has 3 rings (SSSR count). The largest absolute Gasteiger partial charge is 0.497 e. The van der Waals surface area contributed by atoms with Gasteiger partial charge in [0, 0.05) is 30.8 Å². The number of hydrogen-bond acceptors (Lipinski definition) is 4. The van der Waals surface area contributed by atoms with Gasteiger partial charge in [0.2, 0.25) is 0 Å². The fraction of sp³-hybridized carbons (Fsp3) is 0.158. The fourth-order valence-corrected chi connectivity index (χ4v) is 3.28. The molecule has 146 valence electrons. The fourth-order valence-electron chi connectivity index (χ4n) is 2.74. The Bertz CT molecular complexity index is 1190. The van der Waals surface area contributed by atoms with E-state index >= 15 is 0 Å². The van der Waals surface area contributed by atoms with E-state index in [1.807, 2.05) is 0 Å². The third kappa shape index (κ3) is 3.39. The van der Waals surface area contributed by atoms with Gasteiger partial charge in [-0.05, 0) is 18.2 Å². The van der Waals surface area contributed by atoms with Crippen molar-refractivity contribution >= 4 is 23.2 Å². The summed E-state index contributed by atoms with van der Waals surface area (Å²) in [5.74, 6) is 0.105. The second-order valence-corrected chi connectivity index (χ2v) is 6.62. The van der Waals surface area contributed by atoms with Crippen molar-refractivity contribution in [3.05, 3.63) is 73.1 Å². The lowest BCUT2D eigenvalue weighted by Gasteiger charge is -2.18. The SMILES string of the molecule is COc1cc(OC)c(Cl)c(-n2c(-c3ccc(F)cc3Cl)cc(=O)n(C)c2=O)c1. The van der Waals surface area contributed by atoms with Crippen molar-refractivity contribution in [1.82, 2.24) is 9.13 Å². The first-order valence-electron chi connectivity index (χ1n) is 7.99. The highest BCUT2D eigenvalue weighted by Gasteiger charge is 2.20. The van der Waals surface area contributed by atoms with Crippen LogP contribution in [-0.2, 0) is 7.05 Å². The molecule has 0 N–H and O–H groups in total. The van der Waals surface area contributed by atoms with Crippen molar-refractivity contribution < 1.29 is 13.9 Å². The minimum absolute atomic E-state index is 0.0346. The molecule has 3 aromatic rings. The molecule has 0 saturated heterocycles. The molecule has 0 aliphatic carbocycles. The lowest BCUT2D eigenvalue weighted by molar-refractivity contribution is 0.394. The standard InChI is InChI=1S/C19H15Cl2FN2O4/c1-23-17(25)9-14(12-5-4-10(22)6-13(12)20)24(19(23)26)15-7-11(27-2)8-16(28-3)18(15)21/h4-9H,1-3H3. The molecule has 28 heavy (non-hydrogen) atoms. The zero-order valence-corrected chi connectivity index (χ0v) is 16.6. The highest BCUT2D eigenvalue weighted by atomic mass is 35.5. The first-order valence-corrected chi connectivity index (χ1v) is 8.74. The van der Waals surface area contributed by atoms with Crippen LogP contribution in [0.25, 0.3) is 16.9 Å². The minimum Gasteiger partial charge on any atom is -0.497 e. The van der Waals surface area contributed by atoms with Crippen LogP contribution in [0.15, 0.2) is 46.0 Å². The summed E-state index contributed by atoms with van der Waals surface area (Å²) in [7, 11) is 4.21. The maximum absolute atomic E-state index is 13.5. The summed E-state index contributed by atoms with van der Waals surface area (Å²) in [5.41, 5.74) is -0.567. The smallest absolute Gasteiger partial charge is 0.335 e. The molecule has 0 unspecified atom stereocenters. The molecule has 0 aliphatic heterocycles. The van der Waals surface area contributed by atoms with Gasteiger partial charge in [-0.25, -0.2) is 9.18 Å². The highest BCUT2D eigenvalue weighted by Crippen LogP contribution is 2.37. The molecule has 0 spiro atoms. The van der Waals surface area contributed by atoms with Crippen LogP contribution in [0.5, 0.6) is 11.5 Å². The van der Waals surface area contributed by atoms with E-state index in [4.69, 9.17) is 32.7 Å². The average Bonchev–Trinajstić information content (AvgIpc) is 2.67. The van der Waals surface area contributed by atoms with E-state index < -0.39 is 17.1 Å². The maximum atomic E-state index is 13.5. The van der Waals surface area contributed by atoms with Crippen molar-refractivity contribution in [1.29, 1.82) is 0 Å². The first kappa shape index (κ1) is 20.0. The topological polar surface area (TPSA) is 62.5 Å². The number of methoxy groups -OCH3 is 2. The number of benzene rings is 2. The summed E-state index contributed by atoms with van der Waals surface area (Å²) in [6.45, 7) is 0. The van der Waals surface area contributed by atoms with Gasteiger partial charge in [0.15, 0.2) is 0 Å². The lowest BCUT2D eigenvalue weighted by atomic mass is 10.1. The Labute approximate surface area is 169 Å². The molecule has 6 nitrogen and oxygen atoms in total. The van der Waals surface area contributed by atoms with Gasteiger partial charge in [0.05, 0.1) is 30.6 Å². The van der Waals surface area contributed by atoms with Crippen LogP contribution in [0, 0.1) is 5.82 Å². The summed E-state index contributed by atoms with van der Waals surface area (Å²) in [6.07, 6.45) is 0.